The smallest absolute Gasteiger partial charge is 0.348 e. The summed E-state index contributed by atoms with van der Waals surface area (Å²) in [7, 11) is 0. The first-order chi connectivity index (χ1) is 13.1. The van der Waals surface area contributed by atoms with Crippen LogP contribution in [0.25, 0.3) is 0 Å². The number of benzene rings is 1. The van der Waals surface area contributed by atoms with Gasteiger partial charge in [-0.2, -0.15) is 5.26 Å². The number of nitriles is 1. The number of thiophene rings is 1. The Balaban J connectivity index is 2.18. The molecule has 1 N–H and O–H groups in total. The summed E-state index contributed by atoms with van der Waals surface area (Å²) in [5.74, 6) is -0.414. The van der Waals surface area contributed by atoms with Gasteiger partial charge in [-0.25, -0.2) is 4.79 Å². The van der Waals surface area contributed by atoms with Crippen LogP contribution in [0.1, 0.15) is 47.1 Å². The number of halogens is 1. The van der Waals surface area contributed by atoms with Gasteiger partial charge >= 0.3 is 5.97 Å². The van der Waals surface area contributed by atoms with Crippen LogP contribution in [0.15, 0.2) is 18.2 Å². The number of amides is 1. The number of ether oxygens (including phenoxy) is 2. The topological polar surface area (TPSA) is 88.4 Å². The minimum absolute atomic E-state index is 0.240. The lowest BCUT2D eigenvalue weighted by atomic mass is 10.1. The molecule has 0 saturated heterocycles. The second-order valence-corrected chi connectivity index (χ2v) is 7.94. The van der Waals surface area contributed by atoms with E-state index in [9.17, 15) is 14.9 Å². The molecule has 2 aromatic rings. The van der Waals surface area contributed by atoms with Gasteiger partial charge in [0.05, 0.1) is 11.7 Å². The van der Waals surface area contributed by atoms with E-state index in [1.54, 1.807) is 45.9 Å². The molecular weight excluding hydrogens is 400 g/mol. The summed E-state index contributed by atoms with van der Waals surface area (Å²) in [5, 5.41) is 13.0. The average molecular weight is 421 g/mol. The number of hydrogen-bond acceptors (Lipinski definition) is 6. The lowest BCUT2D eigenvalue weighted by molar-refractivity contribution is -0.122. The normalized spacial score (nSPS) is 11.6. The van der Waals surface area contributed by atoms with Crippen LogP contribution >= 0.6 is 22.9 Å². The van der Waals surface area contributed by atoms with Gasteiger partial charge in [0.2, 0.25) is 0 Å². The summed E-state index contributed by atoms with van der Waals surface area (Å²) < 4.78 is 10.9. The zero-order chi connectivity index (χ0) is 21.0. The predicted molar refractivity (Wildman–Crippen MR) is 109 cm³/mol. The van der Waals surface area contributed by atoms with Gasteiger partial charge in [0.1, 0.15) is 21.7 Å². The monoisotopic (exact) mass is 420 g/mol. The lowest BCUT2D eigenvalue weighted by Crippen LogP contribution is -2.30. The number of nitrogens with one attached hydrogen (secondary N) is 1. The van der Waals surface area contributed by atoms with E-state index in [1.165, 1.54) is 0 Å². The van der Waals surface area contributed by atoms with Crippen LogP contribution in [0.2, 0.25) is 5.02 Å². The third-order valence-corrected chi connectivity index (χ3v) is 5.26. The van der Waals surface area contributed by atoms with E-state index in [0.717, 1.165) is 16.9 Å². The number of hydrogen-bond donors (Lipinski definition) is 1. The SMILES string of the molecule is Cc1cc(Cl)ccc1O[C@@H](C)C(=O)Nc1sc(C(=O)OC(C)C)c(C)c1C#N. The maximum Gasteiger partial charge on any atom is 0.348 e. The summed E-state index contributed by atoms with van der Waals surface area (Å²) in [6.07, 6.45) is -1.10. The summed E-state index contributed by atoms with van der Waals surface area (Å²) in [4.78, 5) is 25.1. The number of carbonyl (C=O) groups excluding carboxylic acids is 2. The van der Waals surface area contributed by atoms with Crippen molar-refractivity contribution in [2.24, 2.45) is 0 Å². The molecule has 0 aliphatic carbocycles. The van der Waals surface area contributed by atoms with Gasteiger partial charge in [-0.05, 0) is 63.9 Å². The summed E-state index contributed by atoms with van der Waals surface area (Å²) in [6, 6.07) is 7.14. The molecule has 0 bridgehead atoms. The van der Waals surface area contributed by atoms with Crippen molar-refractivity contribution in [3.05, 3.63) is 44.8 Å². The fourth-order valence-corrected chi connectivity index (χ4v) is 3.67. The van der Waals surface area contributed by atoms with Gasteiger partial charge in [-0.1, -0.05) is 11.6 Å². The van der Waals surface area contributed by atoms with E-state index >= 15 is 0 Å². The van der Waals surface area contributed by atoms with Crippen LogP contribution in [-0.4, -0.2) is 24.1 Å². The molecule has 1 aromatic heterocycles. The Bertz CT molecular complexity index is 946. The molecule has 1 aromatic carbocycles. The number of rotatable bonds is 6. The third-order valence-electron chi connectivity index (χ3n) is 3.83. The molecule has 1 heterocycles. The van der Waals surface area contributed by atoms with Crippen LogP contribution in [0, 0.1) is 25.2 Å². The fraction of sp³-hybridized carbons (Fsp3) is 0.350. The molecule has 1 amide bonds. The zero-order valence-corrected chi connectivity index (χ0v) is 17.8. The van der Waals surface area contributed by atoms with Crippen molar-refractivity contribution in [2.75, 3.05) is 5.32 Å². The largest absolute Gasteiger partial charge is 0.481 e. The molecule has 148 valence electrons. The second-order valence-electron chi connectivity index (χ2n) is 6.49. The molecule has 8 heteroatoms. The zero-order valence-electron chi connectivity index (χ0n) is 16.3. The molecule has 0 aliphatic heterocycles. The Hall–Kier alpha value is -2.56. The molecule has 2 rings (SSSR count). The van der Waals surface area contributed by atoms with E-state index in [0.29, 0.717) is 26.2 Å². The summed E-state index contributed by atoms with van der Waals surface area (Å²) in [6.45, 7) is 8.57. The van der Waals surface area contributed by atoms with Crippen LogP contribution in [0.5, 0.6) is 5.75 Å². The Kier molecular flexibility index (Phi) is 7.05. The molecule has 0 unspecified atom stereocenters. The molecule has 28 heavy (non-hydrogen) atoms. The van der Waals surface area contributed by atoms with Gasteiger partial charge in [0, 0.05) is 5.02 Å². The highest BCUT2D eigenvalue weighted by Gasteiger charge is 2.25. The van der Waals surface area contributed by atoms with E-state index in [-0.39, 0.29) is 11.7 Å². The second kappa shape index (κ2) is 9.09. The first kappa shape index (κ1) is 21.7. The third kappa shape index (κ3) is 5.03. The number of nitrogens with zero attached hydrogens (tertiary/aromatic N) is 1. The van der Waals surface area contributed by atoms with Crippen molar-refractivity contribution in [2.45, 2.75) is 46.8 Å². The Morgan fingerprint density at radius 2 is 1.93 bits per heavy atom. The van der Waals surface area contributed by atoms with Crippen molar-refractivity contribution >= 4 is 39.8 Å². The minimum Gasteiger partial charge on any atom is -0.481 e. The molecule has 0 aliphatic rings. The average Bonchev–Trinajstić information content (AvgIpc) is 2.92. The number of esters is 1. The van der Waals surface area contributed by atoms with Gasteiger partial charge in [-0.15, -0.1) is 11.3 Å². The van der Waals surface area contributed by atoms with Crippen molar-refractivity contribution in [1.82, 2.24) is 0 Å². The molecular formula is C20H21ClN2O4S. The predicted octanol–water partition coefficient (Wildman–Crippen LogP) is 4.86. The first-order valence-electron chi connectivity index (χ1n) is 8.62. The van der Waals surface area contributed by atoms with E-state index < -0.39 is 18.0 Å². The highest BCUT2D eigenvalue weighted by atomic mass is 35.5. The standard InChI is InChI=1S/C20H21ClN2O4S/c1-10(2)26-20(25)17-12(4)15(9-22)19(28-17)23-18(24)13(5)27-16-7-6-14(21)8-11(16)3/h6-8,10,13H,1-5H3,(H,23,24)/t13-/m0/s1. The van der Waals surface area contributed by atoms with Crippen molar-refractivity contribution in [3.63, 3.8) is 0 Å². The Morgan fingerprint density at radius 3 is 2.50 bits per heavy atom. The summed E-state index contributed by atoms with van der Waals surface area (Å²) >= 11 is 6.94. The molecule has 0 spiro atoms. The molecule has 0 radical (unpaired) electrons. The van der Waals surface area contributed by atoms with E-state index in [4.69, 9.17) is 21.1 Å². The Labute approximate surface area is 173 Å². The van der Waals surface area contributed by atoms with Crippen molar-refractivity contribution < 1.29 is 19.1 Å². The van der Waals surface area contributed by atoms with Gasteiger partial charge in [0.25, 0.3) is 5.91 Å². The first-order valence-corrected chi connectivity index (χ1v) is 9.81. The van der Waals surface area contributed by atoms with Crippen LogP contribution in [0.4, 0.5) is 5.00 Å². The van der Waals surface area contributed by atoms with Crippen molar-refractivity contribution in [3.8, 4) is 11.8 Å². The number of aryl methyl sites for hydroxylation is 1. The van der Waals surface area contributed by atoms with Gasteiger partial charge in [0.15, 0.2) is 6.10 Å². The van der Waals surface area contributed by atoms with Gasteiger partial charge in [-0.3, -0.25) is 4.79 Å². The Morgan fingerprint density at radius 1 is 1.25 bits per heavy atom. The molecule has 6 nitrogen and oxygen atoms in total. The quantitative estimate of drug-likeness (QED) is 0.674. The number of anilines is 1. The van der Waals surface area contributed by atoms with Gasteiger partial charge < -0.3 is 14.8 Å². The van der Waals surface area contributed by atoms with E-state index in [2.05, 4.69) is 5.32 Å². The molecule has 1 atom stereocenters. The lowest BCUT2D eigenvalue weighted by Gasteiger charge is -2.16. The maximum absolute atomic E-state index is 12.6. The van der Waals surface area contributed by atoms with Crippen molar-refractivity contribution in [1.29, 1.82) is 5.26 Å². The van der Waals surface area contributed by atoms with Crippen LogP contribution in [-0.2, 0) is 9.53 Å². The number of carbonyl (C=O) groups is 2. The maximum atomic E-state index is 12.6. The minimum atomic E-state index is -0.820. The highest BCUT2D eigenvalue weighted by Crippen LogP contribution is 2.33. The summed E-state index contributed by atoms with van der Waals surface area (Å²) in [5.41, 5.74) is 1.52. The molecule has 0 saturated carbocycles. The van der Waals surface area contributed by atoms with Crippen LogP contribution < -0.4 is 10.1 Å². The molecule has 0 fully saturated rings. The fourth-order valence-electron chi connectivity index (χ4n) is 2.40. The van der Waals surface area contributed by atoms with Crippen LogP contribution in [0.3, 0.4) is 0 Å². The van der Waals surface area contributed by atoms with E-state index in [1.807, 2.05) is 13.0 Å². The highest BCUT2D eigenvalue weighted by molar-refractivity contribution is 7.18.